The van der Waals surface area contributed by atoms with Crippen molar-refractivity contribution >= 4 is 17.7 Å². The minimum atomic E-state index is -0.684. The van der Waals surface area contributed by atoms with E-state index >= 15 is 0 Å². The van der Waals surface area contributed by atoms with Gasteiger partial charge >= 0.3 is 5.97 Å². The summed E-state index contributed by atoms with van der Waals surface area (Å²) in [6, 6.07) is -0.458. The molecule has 0 saturated carbocycles. The summed E-state index contributed by atoms with van der Waals surface area (Å²) in [7, 11) is 0. The van der Waals surface area contributed by atoms with Crippen LogP contribution in [0.1, 0.15) is 40.0 Å². The molecule has 92 valence electrons. The molecule has 0 aromatic heterocycles. The highest BCUT2D eigenvalue weighted by Gasteiger charge is 2.37. The van der Waals surface area contributed by atoms with E-state index in [1.807, 2.05) is 6.92 Å². The summed E-state index contributed by atoms with van der Waals surface area (Å²) in [5.74, 6) is -0.582. The highest BCUT2D eigenvalue weighted by Crippen LogP contribution is 2.08. The number of nitrogens with one attached hydrogen (secondary N) is 1. The monoisotopic (exact) mass is 229 g/mol. The topological polar surface area (TPSA) is 93.4 Å². The third kappa shape index (κ3) is 6.98. The van der Waals surface area contributed by atoms with Gasteiger partial charge in [-0.1, -0.05) is 26.7 Å². The molecular weight excluding hydrogens is 210 g/mol. The van der Waals surface area contributed by atoms with E-state index in [4.69, 9.17) is 5.11 Å². The molecule has 16 heavy (non-hydrogen) atoms. The molecule has 1 saturated heterocycles. The van der Waals surface area contributed by atoms with Crippen LogP contribution in [-0.4, -0.2) is 28.8 Å². The summed E-state index contributed by atoms with van der Waals surface area (Å²) >= 11 is 0. The zero-order valence-electron chi connectivity index (χ0n) is 9.95. The molecule has 2 atom stereocenters. The van der Waals surface area contributed by atoms with Gasteiger partial charge in [0.25, 0.3) is 5.91 Å². The van der Waals surface area contributed by atoms with Crippen molar-refractivity contribution in [1.82, 2.24) is 5.32 Å². The van der Waals surface area contributed by atoms with Gasteiger partial charge in [0.05, 0.1) is 0 Å². The maximum atomic E-state index is 10.1. The average Bonchev–Trinajstić information content (AvgIpc) is 2.82. The van der Waals surface area contributed by atoms with Crippen molar-refractivity contribution < 1.29 is 19.5 Å². The van der Waals surface area contributed by atoms with E-state index in [1.165, 1.54) is 6.92 Å². The van der Waals surface area contributed by atoms with Gasteiger partial charge in [-0.25, -0.2) is 0 Å². The second-order valence-corrected chi connectivity index (χ2v) is 4.04. The highest BCUT2D eigenvalue weighted by molar-refractivity contribution is 6.16. The van der Waals surface area contributed by atoms with Crippen LogP contribution in [0.2, 0.25) is 0 Å². The van der Waals surface area contributed by atoms with Gasteiger partial charge < -0.3 is 10.4 Å². The Bertz CT molecular complexity index is 275. The highest BCUT2D eigenvalue weighted by atomic mass is 16.4. The van der Waals surface area contributed by atoms with Crippen LogP contribution in [-0.2, 0) is 14.4 Å². The normalized spacial score (nSPS) is 18.9. The first-order chi connectivity index (χ1) is 7.38. The molecule has 0 radical (unpaired) electrons. The minimum Gasteiger partial charge on any atom is -0.481 e. The van der Waals surface area contributed by atoms with Crippen molar-refractivity contribution in [3.8, 4) is 0 Å². The molecule has 1 rings (SSSR count). The summed E-state index contributed by atoms with van der Waals surface area (Å²) in [6.07, 6.45) is 2.41. The van der Waals surface area contributed by atoms with Gasteiger partial charge in [-0.2, -0.15) is 0 Å². The Morgan fingerprint density at radius 2 is 2.00 bits per heavy atom. The summed E-state index contributed by atoms with van der Waals surface area (Å²) in [5.41, 5.74) is 0. The molecule has 1 amide bonds. The van der Waals surface area contributed by atoms with Crippen LogP contribution in [0.4, 0.5) is 0 Å². The maximum Gasteiger partial charge on any atom is 0.303 e. The predicted octanol–water partition coefficient (Wildman–Crippen LogP) is 0.971. The Kier molecular flexibility index (Phi) is 6.37. The van der Waals surface area contributed by atoms with Crippen LogP contribution < -0.4 is 5.32 Å². The fourth-order valence-electron chi connectivity index (χ4n) is 1.28. The van der Waals surface area contributed by atoms with E-state index in [1.54, 1.807) is 0 Å². The Balaban J connectivity index is 0.000000288. The Labute approximate surface area is 95.2 Å². The number of Topliss-reactive ketones (excluding diaryl/α,β-unsaturated/α-hetero) is 1. The Morgan fingerprint density at radius 3 is 2.19 bits per heavy atom. The van der Waals surface area contributed by atoms with E-state index in [-0.39, 0.29) is 11.7 Å². The molecular formula is C11H19NO4. The molecule has 1 aliphatic rings. The lowest BCUT2D eigenvalue weighted by Gasteiger charge is -2.03. The fraction of sp³-hybridized carbons (Fsp3) is 0.727. The van der Waals surface area contributed by atoms with Gasteiger partial charge in [-0.3, -0.25) is 14.4 Å². The van der Waals surface area contributed by atoms with Crippen LogP contribution in [0.5, 0.6) is 0 Å². The first-order valence-corrected chi connectivity index (χ1v) is 5.41. The number of hydrogen-bond donors (Lipinski definition) is 2. The summed E-state index contributed by atoms with van der Waals surface area (Å²) in [6.45, 7) is 5.43. The minimum absolute atomic E-state index is 0.0926. The number of ketones is 1. The molecule has 1 heterocycles. The van der Waals surface area contributed by atoms with E-state index in [0.29, 0.717) is 12.3 Å². The summed E-state index contributed by atoms with van der Waals surface area (Å²) < 4.78 is 0. The zero-order valence-corrected chi connectivity index (χ0v) is 9.95. The van der Waals surface area contributed by atoms with Gasteiger partial charge in [-0.05, 0) is 12.8 Å². The van der Waals surface area contributed by atoms with E-state index in [2.05, 4.69) is 12.2 Å². The number of carboxylic acids is 1. The standard InChI is InChI=1S/C7H14O2.C4H5NO2/c1-3-4-6(2)5-7(8)9;1-2(6)3-4(7)5-3/h6H,3-5H2,1-2H3,(H,8,9);3H,1H3,(H,5,7)/t6-;/m0./s1. The summed E-state index contributed by atoms with van der Waals surface area (Å²) in [5, 5.41) is 10.7. The second-order valence-electron chi connectivity index (χ2n) is 4.04. The summed E-state index contributed by atoms with van der Waals surface area (Å²) in [4.78, 5) is 30.2. The van der Waals surface area contributed by atoms with Crippen LogP contribution in [0.3, 0.4) is 0 Å². The number of hydrogen-bond acceptors (Lipinski definition) is 3. The molecule has 0 aromatic carbocycles. The third-order valence-corrected chi connectivity index (χ3v) is 2.18. The lowest BCUT2D eigenvalue weighted by atomic mass is 10.0. The van der Waals surface area contributed by atoms with Crippen LogP contribution >= 0.6 is 0 Å². The lowest BCUT2D eigenvalue weighted by molar-refractivity contribution is -0.138. The smallest absolute Gasteiger partial charge is 0.303 e. The average molecular weight is 229 g/mol. The number of rotatable bonds is 5. The molecule has 1 aliphatic heterocycles. The molecule has 0 bridgehead atoms. The largest absolute Gasteiger partial charge is 0.481 e. The molecule has 2 N–H and O–H groups in total. The molecule has 0 aromatic rings. The molecule has 5 heteroatoms. The lowest BCUT2D eigenvalue weighted by Crippen LogP contribution is -2.03. The van der Waals surface area contributed by atoms with E-state index in [9.17, 15) is 14.4 Å². The molecule has 0 spiro atoms. The van der Waals surface area contributed by atoms with Gasteiger partial charge in [0.1, 0.15) is 0 Å². The number of carbonyl (C=O) groups excluding carboxylic acids is 2. The first-order valence-electron chi connectivity index (χ1n) is 5.41. The number of carbonyl (C=O) groups is 3. The molecule has 1 fully saturated rings. The Morgan fingerprint density at radius 1 is 1.50 bits per heavy atom. The van der Waals surface area contributed by atoms with Gasteiger partial charge in [-0.15, -0.1) is 0 Å². The van der Waals surface area contributed by atoms with Gasteiger partial charge in [0.15, 0.2) is 11.8 Å². The van der Waals surface area contributed by atoms with Crippen molar-refractivity contribution in [3.05, 3.63) is 0 Å². The van der Waals surface area contributed by atoms with Crippen molar-refractivity contribution in [2.75, 3.05) is 0 Å². The van der Waals surface area contributed by atoms with Crippen molar-refractivity contribution in [1.29, 1.82) is 0 Å². The molecule has 5 nitrogen and oxygen atoms in total. The van der Waals surface area contributed by atoms with Crippen LogP contribution in [0.25, 0.3) is 0 Å². The van der Waals surface area contributed by atoms with Crippen LogP contribution in [0.15, 0.2) is 0 Å². The molecule has 1 unspecified atom stereocenters. The first kappa shape index (κ1) is 14.6. The van der Waals surface area contributed by atoms with Crippen molar-refractivity contribution in [3.63, 3.8) is 0 Å². The third-order valence-electron chi connectivity index (χ3n) is 2.18. The number of amides is 1. The zero-order chi connectivity index (χ0) is 12.7. The van der Waals surface area contributed by atoms with Crippen molar-refractivity contribution in [2.24, 2.45) is 5.92 Å². The van der Waals surface area contributed by atoms with E-state index < -0.39 is 12.0 Å². The van der Waals surface area contributed by atoms with Crippen molar-refractivity contribution in [2.45, 2.75) is 46.1 Å². The van der Waals surface area contributed by atoms with Gasteiger partial charge in [0, 0.05) is 6.42 Å². The fourth-order valence-corrected chi connectivity index (χ4v) is 1.28. The maximum absolute atomic E-state index is 10.1. The number of carboxylic acid groups (broad SMARTS) is 1. The quantitative estimate of drug-likeness (QED) is 0.542. The Hall–Kier alpha value is -1.39. The molecule has 0 aliphatic carbocycles. The van der Waals surface area contributed by atoms with Crippen LogP contribution in [0, 0.1) is 5.92 Å². The number of aliphatic carboxylic acids is 1. The predicted molar refractivity (Wildman–Crippen MR) is 58.9 cm³/mol. The SMILES string of the molecule is CC(=O)C1NC1=O.CCC[C@H](C)CC(=O)O. The van der Waals surface area contributed by atoms with Gasteiger partial charge in [0.2, 0.25) is 0 Å². The second kappa shape index (κ2) is 6.98. The van der Waals surface area contributed by atoms with E-state index in [0.717, 1.165) is 12.8 Å².